The molecule has 1 saturated heterocycles. The monoisotopic (exact) mass is 447 g/mol. The third kappa shape index (κ3) is 3.83. The molecule has 1 aliphatic heterocycles. The summed E-state index contributed by atoms with van der Waals surface area (Å²) in [7, 11) is -3.62. The predicted octanol–water partition coefficient (Wildman–Crippen LogP) is 3.62. The van der Waals surface area contributed by atoms with E-state index in [0.717, 1.165) is 28.1 Å². The van der Waals surface area contributed by atoms with Crippen LogP contribution in [-0.4, -0.2) is 41.9 Å². The first kappa shape index (κ1) is 18.3. The molecule has 0 aliphatic carbocycles. The number of hydrogen-bond donors (Lipinski definition) is 0. The fourth-order valence-electron chi connectivity index (χ4n) is 3.29. The Kier molecular flexibility index (Phi) is 5.12. The van der Waals surface area contributed by atoms with Gasteiger partial charge in [-0.15, -0.1) is 0 Å². The summed E-state index contributed by atoms with van der Waals surface area (Å²) < 4.78 is 34.6. The lowest BCUT2D eigenvalue weighted by Gasteiger charge is -2.31. The third-order valence-electron chi connectivity index (χ3n) is 4.58. The van der Waals surface area contributed by atoms with Gasteiger partial charge in [-0.3, -0.25) is 0 Å². The quantitative estimate of drug-likeness (QED) is 0.610. The van der Waals surface area contributed by atoms with Crippen LogP contribution in [0.4, 0.5) is 0 Å². The van der Waals surface area contributed by atoms with Crippen molar-refractivity contribution < 1.29 is 13.2 Å². The van der Waals surface area contributed by atoms with Gasteiger partial charge >= 0.3 is 6.01 Å². The molecule has 1 aromatic heterocycles. The van der Waals surface area contributed by atoms with Gasteiger partial charge in [0.2, 0.25) is 10.0 Å². The van der Waals surface area contributed by atoms with Crippen LogP contribution in [0, 0.1) is 0 Å². The summed E-state index contributed by atoms with van der Waals surface area (Å²) in [6.45, 7) is 0.761. The van der Waals surface area contributed by atoms with Gasteiger partial charge in [-0.1, -0.05) is 36.4 Å². The van der Waals surface area contributed by atoms with Gasteiger partial charge in [0.15, 0.2) is 0 Å². The van der Waals surface area contributed by atoms with Gasteiger partial charge in [0.25, 0.3) is 0 Å². The normalized spacial score (nSPS) is 18.5. The molecule has 140 valence electrons. The first-order valence-corrected chi connectivity index (χ1v) is 10.9. The average molecular weight is 448 g/mol. The molecule has 3 aromatic rings. The maximum atomic E-state index is 13.3. The lowest BCUT2D eigenvalue weighted by atomic mass is 10.1. The summed E-state index contributed by atoms with van der Waals surface area (Å²) >= 11 is 3.28. The van der Waals surface area contributed by atoms with Gasteiger partial charge in [0.05, 0.1) is 15.9 Å². The van der Waals surface area contributed by atoms with Crippen molar-refractivity contribution in [1.82, 2.24) is 14.3 Å². The largest absolute Gasteiger partial charge is 0.459 e. The molecule has 0 saturated carbocycles. The minimum atomic E-state index is -3.62. The van der Waals surface area contributed by atoms with E-state index in [9.17, 15) is 8.42 Å². The van der Waals surface area contributed by atoms with E-state index in [1.165, 1.54) is 4.31 Å². The number of sulfonamides is 1. The summed E-state index contributed by atoms with van der Waals surface area (Å²) in [5.41, 5.74) is 0. The number of hydrogen-bond acceptors (Lipinski definition) is 5. The van der Waals surface area contributed by atoms with Crippen LogP contribution in [0.25, 0.3) is 10.8 Å². The predicted molar refractivity (Wildman–Crippen MR) is 106 cm³/mol. The maximum absolute atomic E-state index is 13.3. The molecule has 2 aromatic carbocycles. The zero-order valence-corrected chi connectivity index (χ0v) is 16.9. The smallest absolute Gasteiger partial charge is 0.316 e. The molecule has 4 rings (SSSR count). The van der Waals surface area contributed by atoms with Gasteiger partial charge in [-0.25, -0.2) is 18.4 Å². The number of rotatable bonds is 4. The van der Waals surface area contributed by atoms with E-state index in [-0.39, 0.29) is 18.7 Å². The minimum absolute atomic E-state index is 0.257. The number of nitrogens with zero attached hydrogens (tertiary/aromatic N) is 3. The Morgan fingerprint density at radius 2 is 1.81 bits per heavy atom. The molecule has 2 heterocycles. The Balaban J connectivity index is 1.59. The molecule has 0 radical (unpaired) electrons. The van der Waals surface area contributed by atoms with Crippen LogP contribution in [0.15, 0.2) is 64.2 Å². The highest BCUT2D eigenvalue weighted by molar-refractivity contribution is 9.10. The molecule has 27 heavy (non-hydrogen) atoms. The molecule has 1 atom stereocenters. The molecule has 0 N–H and O–H groups in total. The highest BCUT2D eigenvalue weighted by Crippen LogP contribution is 2.28. The van der Waals surface area contributed by atoms with Gasteiger partial charge < -0.3 is 4.74 Å². The number of benzene rings is 2. The van der Waals surface area contributed by atoms with Crippen LogP contribution in [0.1, 0.15) is 12.8 Å². The van der Waals surface area contributed by atoms with Crippen LogP contribution >= 0.6 is 15.9 Å². The van der Waals surface area contributed by atoms with Gasteiger partial charge in [-0.2, -0.15) is 4.31 Å². The molecule has 0 bridgehead atoms. The Morgan fingerprint density at radius 3 is 2.63 bits per heavy atom. The molecule has 6 nitrogen and oxygen atoms in total. The van der Waals surface area contributed by atoms with Crippen molar-refractivity contribution in [3.05, 3.63) is 59.3 Å². The Bertz CT molecular complexity index is 1050. The fraction of sp³-hybridized carbons (Fsp3) is 0.263. The summed E-state index contributed by atoms with van der Waals surface area (Å²) in [4.78, 5) is 8.56. The van der Waals surface area contributed by atoms with Crippen LogP contribution < -0.4 is 4.74 Å². The second kappa shape index (κ2) is 7.53. The van der Waals surface area contributed by atoms with Gasteiger partial charge in [0, 0.05) is 24.3 Å². The minimum Gasteiger partial charge on any atom is -0.459 e. The Morgan fingerprint density at radius 1 is 1.07 bits per heavy atom. The van der Waals surface area contributed by atoms with Crippen LogP contribution in [0.5, 0.6) is 6.01 Å². The molecule has 1 unspecified atom stereocenters. The van der Waals surface area contributed by atoms with Crippen molar-refractivity contribution in [2.45, 2.75) is 23.8 Å². The number of ether oxygens (including phenoxy) is 1. The molecular weight excluding hydrogens is 430 g/mol. The first-order chi connectivity index (χ1) is 13.0. The van der Waals surface area contributed by atoms with Crippen LogP contribution in [-0.2, 0) is 10.0 Å². The van der Waals surface area contributed by atoms with E-state index >= 15 is 0 Å². The second-order valence-electron chi connectivity index (χ2n) is 6.41. The van der Waals surface area contributed by atoms with Crippen molar-refractivity contribution in [3.63, 3.8) is 0 Å². The van der Waals surface area contributed by atoms with Crippen molar-refractivity contribution in [2.75, 3.05) is 13.1 Å². The summed E-state index contributed by atoms with van der Waals surface area (Å²) in [5.74, 6) is 0. The van der Waals surface area contributed by atoms with Crippen LogP contribution in [0.3, 0.4) is 0 Å². The topological polar surface area (TPSA) is 72.4 Å². The molecular formula is C19H18BrN3O3S. The Labute approximate surface area is 166 Å². The number of aromatic nitrogens is 2. The van der Waals surface area contributed by atoms with Crippen LogP contribution in [0.2, 0.25) is 0 Å². The zero-order chi connectivity index (χ0) is 18.9. The van der Waals surface area contributed by atoms with E-state index in [0.29, 0.717) is 11.4 Å². The SMILES string of the molecule is O=S(=O)(c1cccc2ccccc12)N1CCCC(Oc2ncc(Br)cn2)C1. The van der Waals surface area contributed by atoms with Crippen molar-refractivity contribution in [3.8, 4) is 6.01 Å². The van der Waals surface area contributed by atoms with Crippen molar-refractivity contribution >= 4 is 36.7 Å². The fourth-order valence-corrected chi connectivity index (χ4v) is 5.22. The first-order valence-electron chi connectivity index (χ1n) is 8.66. The van der Waals surface area contributed by atoms with Gasteiger partial charge in [-0.05, 0) is 40.2 Å². The summed E-state index contributed by atoms with van der Waals surface area (Å²) in [5, 5.41) is 1.64. The van der Waals surface area contributed by atoms with E-state index < -0.39 is 10.0 Å². The molecule has 8 heteroatoms. The maximum Gasteiger partial charge on any atom is 0.316 e. The van der Waals surface area contributed by atoms with E-state index in [1.807, 2.05) is 30.3 Å². The summed E-state index contributed by atoms with van der Waals surface area (Å²) in [6, 6.07) is 13.1. The molecule has 1 aliphatic rings. The highest BCUT2D eigenvalue weighted by Gasteiger charge is 2.32. The van der Waals surface area contributed by atoms with Gasteiger partial charge in [0.1, 0.15) is 6.10 Å². The summed E-state index contributed by atoms with van der Waals surface area (Å²) in [6.07, 6.45) is 4.43. The number of fused-ring (bicyclic) bond motifs is 1. The standard InChI is InChI=1S/C19H18BrN3O3S/c20-15-11-21-19(22-12-15)26-16-7-4-10-23(13-16)27(24,25)18-9-3-6-14-5-1-2-8-17(14)18/h1-3,5-6,8-9,11-12,16H,4,7,10,13H2. The Hall–Kier alpha value is -2.03. The van der Waals surface area contributed by atoms with Crippen molar-refractivity contribution in [1.29, 1.82) is 0 Å². The lowest BCUT2D eigenvalue weighted by molar-refractivity contribution is 0.119. The van der Waals surface area contributed by atoms with E-state index in [4.69, 9.17) is 4.74 Å². The zero-order valence-electron chi connectivity index (χ0n) is 14.5. The number of halogens is 1. The molecule has 1 fully saturated rings. The average Bonchev–Trinajstić information content (AvgIpc) is 2.69. The number of piperidine rings is 1. The second-order valence-corrected chi connectivity index (χ2v) is 9.23. The third-order valence-corrected chi connectivity index (χ3v) is 6.91. The highest BCUT2D eigenvalue weighted by atomic mass is 79.9. The lowest BCUT2D eigenvalue weighted by Crippen LogP contribution is -2.44. The molecule has 0 spiro atoms. The molecule has 0 amide bonds. The van der Waals surface area contributed by atoms with E-state index in [2.05, 4.69) is 25.9 Å². The van der Waals surface area contributed by atoms with E-state index in [1.54, 1.807) is 24.5 Å². The van der Waals surface area contributed by atoms with Crippen molar-refractivity contribution in [2.24, 2.45) is 0 Å².